The second kappa shape index (κ2) is 6.12. The van der Waals surface area contributed by atoms with Crippen molar-refractivity contribution in [3.8, 4) is 5.75 Å². The van der Waals surface area contributed by atoms with Gasteiger partial charge in [0, 0.05) is 30.0 Å². The van der Waals surface area contributed by atoms with Gasteiger partial charge in [0.1, 0.15) is 5.75 Å². The van der Waals surface area contributed by atoms with Gasteiger partial charge in [-0.05, 0) is 0 Å². The van der Waals surface area contributed by atoms with Crippen LogP contribution in [0.5, 0.6) is 5.75 Å². The fraction of sp³-hybridized carbons (Fsp3) is 0.0769. The second-order valence-electron chi connectivity index (χ2n) is 3.86. The van der Waals surface area contributed by atoms with E-state index in [2.05, 4.69) is 4.98 Å². The smallest absolute Gasteiger partial charge is 0.270 e. The molecule has 0 radical (unpaired) electrons. The maximum Gasteiger partial charge on any atom is 0.270 e. The molecule has 2 rings (SSSR count). The molecular formula is C13H9ClN2O4. The number of non-ortho nitro benzene ring substituents is 1. The van der Waals surface area contributed by atoms with E-state index in [0.717, 1.165) is 0 Å². The Morgan fingerprint density at radius 1 is 1.35 bits per heavy atom. The van der Waals surface area contributed by atoms with Crippen LogP contribution < -0.4 is 4.74 Å². The summed E-state index contributed by atoms with van der Waals surface area (Å²) in [6, 6.07) is 7.00. The fourth-order valence-electron chi connectivity index (χ4n) is 1.50. The zero-order valence-corrected chi connectivity index (χ0v) is 10.9. The van der Waals surface area contributed by atoms with Gasteiger partial charge < -0.3 is 4.74 Å². The number of nitro groups is 1. The summed E-state index contributed by atoms with van der Waals surface area (Å²) in [7, 11) is 0. The van der Waals surface area contributed by atoms with Gasteiger partial charge in [0.25, 0.3) is 5.69 Å². The molecule has 0 aliphatic heterocycles. The maximum absolute atomic E-state index is 11.9. The molecule has 0 spiro atoms. The number of rotatable bonds is 5. The standard InChI is InChI=1S/C13H9ClN2O4/c14-10-5-12(7-15-6-10)20-8-13(17)9-2-1-3-11(4-9)16(18)19/h1-7H,8H2. The molecule has 0 fully saturated rings. The van der Waals surface area contributed by atoms with Crippen LogP contribution in [-0.4, -0.2) is 22.3 Å². The Bertz CT molecular complexity index is 660. The van der Waals surface area contributed by atoms with Gasteiger partial charge in [-0.3, -0.25) is 19.9 Å². The average Bonchev–Trinajstić information content (AvgIpc) is 2.45. The Morgan fingerprint density at radius 3 is 2.85 bits per heavy atom. The topological polar surface area (TPSA) is 82.3 Å². The number of carbonyl (C=O) groups is 1. The summed E-state index contributed by atoms with van der Waals surface area (Å²) < 4.78 is 5.24. The molecule has 7 heteroatoms. The molecule has 0 aliphatic rings. The number of pyridine rings is 1. The van der Waals surface area contributed by atoms with Crippen molar-refractivity contribution in [1.29, 1.82) is 0 Å². The lowest BCUT2D eigenvalue weighted by atomic mass is 10.1. The highest BCUT2D eigenvalue weighted by molar-refractivity contribution is 6.30. The van der Waals surface area contributed by atoms with Crippen molar-refractivity contribution in [3.05, 3.63) is 63.4 Å². The molecule has 102 valence electrons. The Labute approximate surface area is 119 Å². The molecule has 0 N–H and O–H groups in total. The third-order valence-electron chi connectivity index (χ3n) is 2.43. The Morgan fingerprint density at radius 2 is 2.15 bits per heavy atom. The van der Waals surface area contributed by atoms with E-state index in [1.54, 1.807) is 0 Å². The number of carbonyl (C=O) groups excluding carboxylic acids is 1. The summed E-state index contributed by atoms with van der Waals surface area (Å²) in [5.74, 6) is -0.00930. The van der Waals surface area contributed by atoms with E-state index in [1.165, 1.54) is 42.7 Å². The van der Waals surface area contributed by atoms with Gasteiger partial charge in [-0.1, -0.05) is 23.7 Å². The predicted molar refractivity (Wildman–Crippen MR) is 72.2 cm³/mol. The predicted octanol–water partition coefficient (Wildman–Crippen LogP) is 2.90. The fourth-order valence-corrected chi connectivity index (χ4v) is 1.66. The molecule has 0 saturated heterocycles. The molecule has 1 heterocycles. The van der Waals surface area contributed by atoms with Crippen LogP contribution in [0.2, 0.25) is 5.02 Å². The first kappa shape index (κ1) is 14.0. The van der Waals surface area contributed by atoms with Gasteiger partial charge in [0.15, 0.2) is 12.4 Å². The van der Waals surface area contributed by atoms with E-state index < -0.39 is 4.92 Å². The monoisotopic (exact) mass is 292 g/mol. The highest BCUT2D eigenvalue weighted by Crippen LogP contribution is 2.17. The zero-order valence-electron chi connectivity index (χ0n) is 10.2. The van der Waals surface area contributed by atoms with Crippen molar-refractivity contribution in [3.63, 3.8) is 0 Å². The van der Waals surface area contributed by atoms with Gasteiger partial charge >= 0.3 is 0 Å². The maximum atomic E-state index is 11.9. The molecule has 0 unspecified atom stereocenters. The molecule has 2 aromatic rings. The van der Waals surface area contributed by atoms with Gasteiger partial charge in [0.2, 0.25) is 0 Å². The molecule has 0 bridgehead atoms. The van der Waals surface area contributed by atoms with E-state index in [4.69, 9.17) is 16.3 Å². The number of halogens is 1. The second-order valence-corrected chi connectivity index (χ2v) is 4.29. The number of benzene rings is 1. The lowest BCUT2D eigenvalue weighted by molar-refractivity contribution is -0.384. The van der Waals surface area contributed by atoms with Gasteiger partial charge in [-0.2, -0.15) is 0 Å². The average molecular weight is 293 g/mol. The lowest BCUT2D eigenvalue weighted by Gasteiger charge is -2.05. The van der Waals surface area contributed by atoms with Crippen LogP contribution in [0.3, 0.4) is 0 Å². The highest BCUT2D eigenvalue weighted by atomic mass is 35.5. The summed E-state index contributed by atoms with van der Waals surface area (Å²) in [5.41, 5.74) is 0.0782. The zero-order chi connectivity index (χ0) is 14.5. The van der Waals surface area contributed by atoms with E-state index >= 15 is 0 Å². The van der Waals surface area contributed by atoms with E-state index in [-0.39, 0.29) is 23.6 Å². The molecule has 6 nitrogen and oxygen atoms in total. The quantitative estimate of drug-likeness (QED) is 0.481. The summed E-state index contributed by atoms with van der Waals surface area (Å²) in [6.07, 6.45) is 2.86. The number of nitrogens with zero attached hydrogens (tertiary/aromatic N) is 2. The van der Waals surface area contributed by atoms with Crippen LogP contribution >= 0.6 is 11.6 Å². The van der Waals surface area contributed by atoms with Crippen LogP contribution in [0.4, 0.5) is 5.69 Å². The minimum atomic E-state index is -0.557. The van der Waals surface area contributed by atoms with Crippen LogP contribution in [0.15, 0.2) is 42.7 Å². The largest absolute Gasteiger partial charge is 0.484 e. The Balaban J connectivity index is 2.05. The van der Waals surface area contributed by atoms with Crippen molar-refractivity contribution in [1.82, 2.24) is 4.98 Å². The molecule has 1 aromatic heterocycles. The molecule has 0 amide bonds. The molecular weight excluding hydrogens is 284 g/mol. The normalized spacial score (nSPS) is 10.1. The number of ketones is 1. The molecule has 0 atom stereocenters. The first-order valence-corrected chi connectivity index (χ1v) is 5.95. The molecule has 0 aliphatic carbocycles. The van der Waals surface area contributed by atoms with Gasteiger partial charge in [-0.25, -0.2) is 0 Å². The summed E-state index contributed by atoms with van der Waals surface area (Å²) in [6.45, 7) is -0.247. The number of ether oxygens (including phenoxy) is 1. The van der Waals surface area contributed by atoms with Gasteiger partial charge in [0.05, 0.1) is 16.1 Å². The van der Waals surface area contributed by atoms with Gasteiger partial charge in [-0.15, -0.1) is 0 Å². The number of aromatic nitrogens is 1. The van der Waals surface area contributed by atoms with Crippen LogP contribution in [0, 0.1) is 10.1 Å². The van der Waals surface area contributed by atoms with E-state index in [1.807, 2.05) is 0 Å². The van der Waals surface area contributed by atoms with Crippen molar-refractivity contribution < 1.29 is 14.5 Å². The summed E-state index contributed by atoms with van der Waals surface area (Å²) >= 11 is 5.73. The van der Waals surface area contributed by atoms with Crippen molar-refractivity contribution in [2.24, 2.45) is 0 Å². The third-order valence-corrected chi connectivity index (χ3v) is 2.64. The summed E-state index contributed by atoms with van der Waals surface area (Å²) in [4.78, 5) is 25.8. The SMILES string of the molecule is O=C(COc1cncc(Cl)c1)c1cccc([N+](=O)[O-])c1. The Kier molecular flexibility index (Phi) is 4.27. The Hall–Kier alpha value is -2.47. The number of hydrogen-bond acceptors (Lipinski definition) is 5. The van der Waals surface area contributed by atoms with Crippen LogP contribution in [0.25, 0.3) is 0 Å². The third kappa shape index (κ3) is 3.52. The number of hydrogen-bond donors (Lipinski definition) is 0. The number of nitro benzene ring substituents is 1. The lowest BCUT2D eigenvalue weighted by Crippen LogP contribution is -2.11. The molecule has 20 heavy (non-hydrogen) atoms. The molecule has 1 aromatic carbocycles. The van der Waals surface area contributed by atoms with E-state index in [0.29, 0.717) is 10.8 Å². The van der Waals surface area contributed by atoms with Crippen LogP contribution in [-0.2, 0) is 0 Å². The van der Waals surface area contributed by atoms with Crippen molar-refractivity contribution >= 4 is 23.1 Å². The molecule has 0 saturated carbocycles. The number of Topliss-reactive ketones (excluding diaryl/α,β-unsaturated/α-hetero) is 1. The van der Waals surface area contributed by atoms with Crippen LogP contribution in [0.1, 0.15) is 10.4 Å². The minimum Gasteiger partial charge on any atom is -0.484 e. The van der Waals surface area contributed by atoms with Crippen molar-refractivity contribution in [2.45, 2.75) is 0 Å². The first-order valence-electron chi connectivity index (χ1n) is 5.57. The minimum absolute atomic E-state index is 0.139. The first-order chi connectivity index (χ1) is 9.56. The van der Waals surface area contributed by atoms with E-state index in [9.17, 15) is 14.9 Å². The van der Waals surface area contributed by atoms with Crippen molar-refractivity contribution in [2.75, 3.05) is 6.61 Å². The highest BCUT2D eigenvalue weighted by Gasteiger charge is 2.12. The summed E-state index contributed by atoms with van der Waals surface area (Å²) in [5, 5.41) is 11.0.